The van der Waals surface area contributed by atoms with E-state index >= 15 is 0 Å². The van der Waals surface area contributed by atoms with Crippen LogP contribution >= 0.6 is 0 Å². The topological polar surface area (TPSA) is 12.9 Å². The number of rotatable bonds is 1. The summed E-state index contributed by atoms with van der Waals surface area (Å²) in [6.07, 6.45) is -14.6. The van der Waals surface area contributed by atoms with E-state index in [0.717, 1.165) is 12.1 Å². The summed E-state index contributed by atoms with van der Waals surface area (Å²) < 4.78 is 114. The van der Waals surface area contributed by atoms with Gasteiger partial charge < -0.3 is 0 Å². The summed E-state index contributed by atoms with van der Waals surface area (Å²) in [4.78, 5) is 2.92. The van der Waals surface area contributed by atoms with E-state index in [1.54, 1.807) is 0 Å². The van der Waals surface area contributed by atoms with Gasteiger partial charge >= 0.3 is 18.5 Å². The van der Waals surface area contributed by atoms with Gasteiger partial charge in [-0.1, -0.05) is 12.1 Å². The number of halogens is 9. The minimum atomic E-state index is -5.14. The second-order valence-electron chi connectivity index (χ2n) is 4.69. The fourth-order valence-corrected chi connectivity index (χ4v) is 1.91. The molecule has 0 saturated carbocycles. The van der Waals surface area contributed by atoms with Gasteiger partial charge in [-0.15, -0.1) is 0 Å². The standard InChI is InChI=1S/C14H6F9N/c15-12(16,17)8-3-1-7(2-4-8)9-6-24-11(14(21,22)23)5-10(9)13(18,19)20/h1-6H. The third-order valence-corrected chi connectivity index (χ3v) is 3.02. The Balaban J connectivity index is 2.58. The Morgan fingerprint density at radius 3 is 1.62 bits per heavy atom. The summed E-state index contributed by atoms with van der Waals surface area (Å²) in [7, 11) is 0. The van der Waals surface area contributed by atoms with Crippen LogP contribution in [0.2, 0.25) is 0 Å². The molecule has 2 aromatic rings. The lowest BCUT2D eigenvalue weighted by Gasteiger charge is -2.16. The molecule has 1 heterocycles. The minimum absolute atomic E-state index is 0.174. The van der Waals surface area contributed by atoms with E-state index in [4.69, 9.17) is 0 Å². The Morgan fingerprint density at radius 1 is 0.667 bits per heavy atom. The first-order valence-electron chi connectivity index (χ1n) is 6.12. The molecule has 0 N–H and O–H groups in total. The number of nitrogens with zero attached hydrogens (tertiary/aromatic N) is 1. The molecule has 1 aromatic carbocycles. The van der Waals surface area contributed by atoms with Gasteiger partial charge in [0.15, 0.2) is 0 Å². The number of hydrogen-bond donors (Lipinski definition) is 0. The van der Waals surface area contributed by atoms with Crippen molar-refractivity contribution in [2.75, 3.05) is 0 Å². The summed E-state index contributed by atoms with van der Waals surface area (Å²) in [5, 5.41) is 0. The van der Waals surface area contributed by atoms with Crippen molar-refractivity contribution in [3.8, 4) is 11.1 Å². The molecule has 24 heavy (non-hydrogen) atoms. The lowest BCUT2D eigenvalue weighted by Crippen LogP contribution is -2.14. The predicted octanol–water partition coefficient (Wildman–Crippen LogP) is 5.81. The van der Waals surface area contributed by atoms with E-state index < -0.39 is 40.9 Å². The van der Waals surface area contributed by atoms with E-state index in [1.165, 1.54) is 0 Å². The molecule has 0 fully saturated rings. The SMILES string of the molecule is FC(F)(F)c1ccc(-c2cnc(C(F)(F)F)cc2C(F)(F)F)cc1. The Labute approximate surface area is 128 Å². The van der Waals surface area contributed by atoms with E-state index in [9.17, 15) is 39.5 Å². The van der Waals surface area contributed by atoms with Crippen LogP contribution in [0.1, 0.15) is 16.8 Å². The molecule has 130 valence electrons. The molecule has 0 saturated heterocycles. The zero-order valence-electron chi connectivity index (χ0n) is 11.3. The molecule has 0 radical (unpaired) electrons. The molecule has 0 unspecified atom stereocenters. The maximum atomic E-state index is 13.0. The van der Waals surface area contributed by atoms with Gasteiger partial charge in [-0.2, -0.15) is 39.5 Å². The van der Waals surface area contributed by atoms with Gasteiger partial charge in [0.1, 0.15) is 5.69 Å². The number of aromatic nitrogens is 1. The van der Waals surface area contributed by atoms with Crippen molar-refractivity contribution >= 4 is 0 Å². The zero-order chi connectivity index (χ0) is 18.3. The molecule has 1 aromatic heterocycles. The first-order chi connectivity index (χ1) is 10.8. The van der Waals surface area contributed by atoms with Gasteiger partial charge in [-0.25, -0.2) is 0 Å². The maximum absolute atomic E-state index is 13.0. The van der Waals surface area contributed by atoms with Crippen molar-refractivity contribution in [3.63, 3.8) is 0 Å². The first kappa shape index (κ1) is 18.1. The highest BCUT2D eigenvalue weighted by atomic mass is 19.4. The van der Waals surface area contributed by atoms with Crippen molar-refractivity contribution in [2.45, 2.75) is 18.5 Å². The van der Waals surface area contributed by atoms with E-state index in [-0.39, 0.29) is 11.6 Å². The Morgan fingerprint density at radius 2 is 1.21 bits per heavy atom. The molecular weight excluding hydrogens is 353 g/mol. The van der Waals surface area contributed by atoms with Gasteiger partial charge in [0, 0.05) is 11.8 Å². The highest BCUT2D eigenvalue weighted by Gasteiger charge is 2.39. The van der Waals surface area contributed by atoms with Crippen LogP contribution in [-0.2, 0) is 18.5 Å². The summed E-state index contributed by atoms with van der Waals surface area (Å²) >= 11 is 0. The maximum Gasteiger partial charge on any atom is 0.433 e. The highest BCUT2D eigenvalue weighted by Crippen LogP contribution is 2.40. The van der Waals surface area contributed by atoms with Crippen LogP contribution in [0, 0.1) is 0 Å². The number of pyridine rings is 1. The lowest BCUT2D eigenvalue weighted by atomic mass is 9.99. The second-order valence-corrected chi connectivity index (χ2v) is 4.69. The van der Waals surface area contributed by atoms with Gasteiger partial charge in [0.2, 0.25) is 0 Å². The van der Waals surface area contributed by atoms with Crippen LogP contribution in [0.4, 0.5) is 39.5 Å². The molecule has 0 bridgehead atoms. The molecule has 0 atom stereocenters. The number of alkyl halides is 9. The monoisotopic (exact) mass is 359 g/mol. The molecule has 0 aliphatic heterocycles. The number of benzene rings is 1. The Kier molecular flexibility index (Phi) is 4.28. The van der Waals surface area contributed by atoms with Gasteiger partial charge in [0.05, 0.1) is 11.1 Å². The summed E-state index contributed by atoms with van der Waals surface area (Å²) in [6.45, 7) is 0. The van der Waals surface area contributed by atoms with Gasteiger partial charge in [-0.05, 0) is 23.8 Å². The van der Waals surface area contributed by atoms with Gasteiger partial charge in [-0.3, -0.25) is 4.98 Å². The molecular formula is C14H6F9N. The third kappa shape index (κ3) is 3.80. The van der Waals surface area contributed by atoms with Crippen LogP contribution in [-0.4, -0.2) is 4.98 Å². The molecule has 0 aliphatic carbocycles. The molecule has 0 aliphatic rings. The minimum Gasteiger partial charge on any atom is -0.251 e. The molecule has 0 amide bonds. The molecule has 1 nitrogen and oxygen atoms in total. The normalized spacial score (nSPS) is 13.2. The number of hydrogen-bond acceptors (Lipinski definition) is 1. The molecule has 10 heteroatoms. The Hall–Kier alpha value is -2.26. The zero-order valence-corrected chi connectivity index (χ0v) is 11.3. The summed E-state index contributed by atoms with van der Waals surface area (Å²) in [5.74, 6) is 0. The van der Waals surface area contributed by atoms with Crippen molar-refractivity contribution < 1.29 is 39.5 Å². The smallest absolute Gasteiger partial charge is 0.251 e. The van der Waals surface area contributed by atoms with Crippen molar-refractivity contribution in [1.29, 1.82) is 0 Å². The highest BCUT2D eigenvalue weighted by molar-refractivity contribution is 5.67. The lowest BCUT2D eigenvalue weighted by molar-refractivity contribution is -0.145. The van der Waals surface area contributed by atoms with Crippen molar-refractivity contribution in [2.24, 2.45) is 0 Å². The van der Waals surface area contributed by atoms with Gasteiger partial charge in [0.25, 0.3) is 0 Å². The van der Waals surface area contributed by atoms with Crippen molar-refractivity contribution in [1.82, 2.24) is 4.98 Å². The predicted molar refractivity (Wildman–Crippen MR) is 64.7 cm³/mol. The molecule has 2 rings (SSSR count). The average Bonchev–Trinajstić information content (AvgIpc) is 2.44. The second kappa shape index (κ2) is 5.67. The fourth-order valence-electron chi connectivity index (χ4n) is 1.91. The van der Waals surface area contributed by atoms with Crippen LogP contribution in [0.5, 0.6) is 0 Å². The van der Waals surface area contributed by atoms with E-state index in [0.29, 0.717) is 18.3 Å². The summed E-state index contributed by atoms with van der Waals surface area (Å²) in [5.41, 5.74) is -5.56. The largest absolute Gasteiger partial charge is 0.433 e. The van der Waals surface area contributed by atoms with Crippen LogP contribution in [0.3, 0.4) is 0 Å². The van der Waals surface area contributed by atoms with Crippen LogP contribution in [0.15, 0.2) is 36.5 Å². The molecule has 0 spiro atoms. The van der Waals surface area contributed by atoms with E-state index in [2.05, 4.69) is 4.98 Å². The van der Waals surface area contributed by atoms with E-state index in [1.807, 2.05) is 0 Å². The summed E-state index contributed by atoms with van der Waals surface area (Å²) in [6, 6.07) is 2.37. The quantitative estimate of drug-likeness (QED) is 0.586. The van der Waals surface area contributed by atoms with Crippen LogP contribution in [0.25, 0.3) is 11.1 Å². The van der Waals surface area contributed by atoms with Crippen LogP contribution < -0.4 is 0 Å². The Bertz CT molecular complexity index is 724. The average molecular weight is 359 g/mol. The fraction of sp³-hybridized carbons (Fsp3) is 0.214. The van der Waals surface area contributed by atoms with Crippen molar-refractivity contribution in [3.05, 3.63) is 53.3 Å². The third-order valence-electron chi connectivity index (χ3n) is 3.02. The first-order valence-corrected chi connectivity index (χ1v) is 6.12.